The van der Waals surface area contributed by atoms with Gasteiger partial charge in [0.15, 0.2) is 5.76 Å². The highest BCUT2D eigenvalue weighted by Crippen LogP contribution is 2.74. The molecule has 5 aliphatic rings. The predicted molar refractivity (Wildman–Crippen MR) is 122 cm³/mol. The molecule has 0 aromatic heterocycles. The van der Waals surface area contributed by atoms with Gasteiger partial charge in [0, 0.05) is 23.3 Å². The lowest BCUT2D eigenvalue weighted by molar-refractivity contribution is -0.161. The quantitative estimate of drug-likeness (QED) is 0.492. The number of ketones is 2. The number of allylic oxidation sites excluding steroid dienone is 7. The van der Waals surface area contributed by atoms with E-state index in [1.54, 1.807) is 6.08 Å². The van der Waals surface area contributed by atoms with E-state index in [1.807, 2.05) is 6.92 Å². The van der Waals surface area contributed by atoms with Gasteiger partial charge in [-0.3, -0.25) is 9.59 Å². The molecule has 0 saturated heterocycles. The third-order valence-corrected chi connectivity index (χ3v) is 10.7. The van der Waals surface area contributed by atoms with E-state index in [9.17, 15) is 14.7 Å². The molecule has 0 aliphatic heterocycles. The van der Waals surface area contributed by atoms with Gasteiger partial charge in [0.1, 0.15) is 5.78 Å². The van der Waals surface area contributed by atoms with Gasteiger partial charge in [0.25, 0.3) is 0 Å². The van der Waals surface area contributed by atoms with Gasteiger partial charge in [0.2, 0.25) is 5.78 Å². The van der Waals surface area contributed by atoms with Crippen molar-refractivity contribution in [3.05, 3.63) is 46.3 Å². The fraction of sp³-hybridized carbons (Fsp3) is 0.643. The molecule has 0 aromatic rings. The first-order chi connectivity index (χ1) is 14.4. The van der Waals surface area contributed by atoms with Crippen LogP contribution in [-0.4, -0.2) is 16.7 Å². The van der Waals surface area contributed by atoms with Crippen LogP contribution in [0, 0.1) is 33.5 Å². The summed E-state index contributed by atoms with van der Waals surface area (Å²) in [6, 6.07) is 0. The second-order valence-corrected chi connectivity index (χ2v) is 12.1. The van der Waals surface area contributed by atoms with Gasteiger partial charge >= 0.3 is 0 Å². The molecular weight excluding hydrogens is 384 g/mol. The Labute approximate surface area is 186 Å². The minimum Gasteiger partial charge on any atom is -0.504 e. The number of aliphatic hydroxyl groups excluding tert-OH is 1. The molecule has 0 radical (unpaired) electrons. The minimum absolute atomic E-state index is 0.0350. The molecular formula is C28H36O3. The van der Waals surface area contributed by atoms with Gasteiger partial charge < -0.3 is 5.11 Å². The van der Waals surface area contributed by atoms with Gasteiger partial charge in [0.05, 0.1) is 0 Å². The number of rotatable bonds is 0. The second-order valence-electron chi connectivity index (χ2n) is 12.1. The lowest BCUT2D eigenvalue weighted by Gasteiger charge is -2.69. The van der Waals surface area contributed by atoms with E-state index in [2.05, 4.69) is 46.8 Å². The van der Waals surface area contributed by atoms with Crippen LogP contribution in [-0.2, 0) is 9.59 Å². The number of aliphatic hydroxyl groups is 1. The molecule has 3 heteroatoms. The molecule has 0 spiro atoms. The third-order valence-electron chi connectivity index (χ3n) is 10.7. The number of carbonyl (C=O) groups excluding carboxylic acids is 2. The predicted octanol–water partition coefficient (Wildman–Crippen LogP) is 6.42. The Hall–Kier alpha value is -1.90. The second kappa shape index (κ2) is 6.11. The van der Waals surface area contributed by atoms with Gasteiger partial charge in [-0.1, -0.05) is 52.3 Å². The highest BCUT2D eigenvalue weighted by atomic mass is 16.3. The summed E-state index contributed by atoms with van der Waals surface area (Å²) in [5.74, 6) is 0.767. The van der Waals surface area contributed by atoms with Crippen LogP contribution in [0.25, 0.3) is 0 Å². The van der Waals surface area contributed by atoms with Crippen molar-refractivity contribution >= 4 is 11.6 Å². The molecule has 0 amide bonds. The third kappa shape index (κ3) is 2.41. The number of carbonyl (C=O) groups is 2. The molecule has 3 nitrogen and oxygen atoms in total. The standard InChI is InChI=1S/C28H36O3/c1-16-13-23-25(3,15-21(16)30)9-11-27(5)22-8-7-18-17(2)24(31)20(29)14-19(18)26(22,4)10-12-28(23,27)6/h7-8,14,16,23,31H,9-13,15H2,1-6H3/t16-,23?,25+,26+,27-,28+/m1/s1. The molecule has 5 aliphatic carbocycles. The summed E-state index contributed by atoms with van der Waals surface area (Å²) in [7, 11) is 0. The highest BCUT2D eigenvalue weighted by Gasteiger charge is 2.66. The topological polar surface area (TPSA) is 54.4 Å². The summed E-state index contributed by atoms with van der Waals surface area (Å²) in [5, 5.41) is 10.2. The zero-order valence-electron chi connectivity index (χ0n) is 19.9. The van der Waals surface area contributed by atoms with Crippen LogP contribution in [0.1, 0.15) is 80.1 Å². The van der Waals surface area contributed by atoms with Crippen LogP contribution in [0.5, 0.6) is 0 Å². The Kier molecular flexibility index (Phi) is 4.14. The molecule has 1 N–H and O–H groups in total. The summed E-state index contributed by atoms with van der Waals surface area (Å²) in [5.41, 5.74) is 4.37. The van der Waals surface area contributed by atoms with Crippen molar-refractivity contribution in [1.82, 2.24) is 0 Å². The molecule has 5 rings (SSSR count). The first-order valence-corrected chi connectivity index (χ1v) is 12.0. The number of Topliss-reactive ketones (excluding diaryl/α,β-unsaturated/α-hetero) is 1. The molecule has 3 fully saturated rings. The van der Waals surface area contributed by atoms with E-state index in [0.717, 1.165) is 49.7 Å². The molecule has 166 valence electrons. The van der Waals surface area contributed by atoms with Crippen molar-refractivity contribution in [1.29, 1.82) is 0 Å². The van der Waals surface area contributed by atoms with Crippen molar-refractivity contribution in [3.8, 4) is 0 Å². The summed E-state index contributed by atoms with van der Waals surface area (Å²) in [4.78, 5) is 25.2. The summed E-state index contributed by atoms with van der Waals surface area (Å²) >= 11 is 0. The van der Waals surface area contributed by atoms with E-state index in [0.29, 0.717) is 17.3 Å². The van der Waals surface area contributed by atoms with Crippen LogP contribution >= 0.6 is 0 Å². The van der Waals surface area contributed by atoms with Crippen molar-refractivity contribution in [2.45, 2.75) is 80.1 Å². The molecule has 31 heavy (non-hydrogen) atoms. The first kappa shape index (κ1) is 21.0. The zero-order chi connectivity index (χ0) is 22.6. The summed E-state index contributed by atoms with van der Waals surface area (Å²) in [6.07, 6.45) is 12.2. The number of hydrogen-bond donors (Lipinski definition) is 1. The summed E-state index contributed by atoms with van der Waals surface area (Å²) in [6.45, 7) is 13.6. The molecule has 0 heterocycles. The Morgan fingerprint density at radius 2 is 1.71 bits per heavy atom. The maximum Gasteiger partial charge on any atom is 0.220 e. The molecule has 0 bridgehead atoms. The Morgan fingerprint density at radius 1 is 1.00 bits per heavy atom. The van der Waals surface area contributed by atoms with E-state index in [1.165, 1.54) is 5.57 Å². The van der Waals surface area contributed by atoms with E-state index in [4.69, 9.17) is 0 Å². The lowest BCUT2D eigenvalue weighted by Crippen LogP contribution is -2.61. The van der Waals surface area contributed by atoms with Gasteiger partial charge in [-0.2, -0.15) is 0 Å². The van der Waals surface area contributed by atoms with Crippen molar-refractivity contribution in [2.75, 3.05) is 0 Å². The Bertz CT molecular complexity index is 1040. The van der Waals surface area contributed by atoms with Crippen LogP contribution in [0.15, 0.2) is 46.3 Å². The monoisotopic (exact) mass is 420 g/mol. The number of fused-ring (bicyclic) bond motifs is 7. The summed E-state index contributed by atoms with van der Waals surface area (Å²) < 4.78 is 0. The Morgan fingerprint density at radius 3 is 2.42 bits per heavy atom. The van der Waals surface area contributed by atoms with Crippen LogP contribution in [0.2, 0.25) is 0 Å². The van der Waals surface area contributed by atoms with Crippen LogP contribution in [0.3, 0.4) is 0 Å². The average molecular weight is 421 g/mol. The van der Waals surface area contributed by atoms with Crippen LogP contribution < -0.4 is 0 Å². The fourth-order valence-corrected chi connectivity index (χ4v) is 8.39. The largest absolute Gasteiger partial charge is 0.504 e. The fourth-order valence-electron chi connectivity index (χ4n) is 8.39. The van der Waals surface area contributed by atoms with Gasteiger partial charge in [-0.05, 0) is 78.4 Å². The normalized spacial score (nSPS) is 46.8. The van der Waals surface area contributed by atoms with Crippen LogP contribution in [0.4, 0.5) is 0 Å². The van der Waals surface area contributed by atoms with Crippen molar-refractivity contribution < 1.29 is 14.7 Å². The first-order valence-electron chi connectivity index (χ1n) is 12.0. The Balaban J connectivity index is 1.65. The SMILES string of the molecule is CC1=C(O)C(=O)C=C2C1=CC=C1[C@@]2(C)CC[C@@]2(C)C3C[C@@H](C)C(=O)C[C@]3(C)CC[C@]12C. The highest BCUT2D eigenvalue weighted by molar-refractivity contribution is 6.06. The maximum atomic E-state index is 12.6. The molecule has 1 unspecified atom stereocenters. The van der Waals surface area contributed by atoms with Crippen molar-refractivity contribution in [2.24, 2.45) is 33.5 Å². The van der Waals surface area contributed by atoms with E-state index in [-0.39, 0.29) is 39.1 Å². The molecule has 6 atom stereocenters. The van der Waals surface area contributed by atoms with Crippen molar-refractivity contribution in [3.63, 3.8) is 0 Å². The zero-order valence-corrected chi connectivity index (χ0v) is 19.9. The van der Waals surface area contributed by atoms with Gasteiger partial charge in [-0.15, -0.1) is 0 Å². The maximum absolute atomic E-state index is 12.6. The van der Waals surface area contributed by atoms with Gasteiger partial charge in [-0.25, -0.2) is 0 Å². The smallest absolute Gasteiger partial charge is 0.220 e. The number of hydrogen-bond acceptors (Lipinski definition) is 3. The average Bonchev–Trinajstić information content (AvgIpc) is 2.71. The lowest BCUT2D eigenvalue weighted by atomic mass is 9.35. The molecule has 3 saturated carbocycles. The minimum atomic E-state index is -0.263. The van der Waals surface area contributed by atoms with E-state index >= 15 is 0 Å². The molecule has 0 aromatic carbocycles. The van der Waals surface area contributed by atoms with E-state index < -0.39 is 0 Å².